The van der Waals surface area contributed by atoms with E-state index in [1.807, 2.05) is 32.0 Å². The molecule has 28 heavy (non-hydrogen) atoms. The van der Waals surface area contributed by atoms with Gasteiger partial charge in [-0.1, -0.05) is 51.7 Å². The molecule has 0 saturated carbocycles. The molecule has 0 aliphatic heterocycles. The number of rotatable bonds is 14. The van der Waals surface area contributed by atoms with Gasteiger partial charge in [0.25, 0.3) is 0 Å². The van der Waals surface area contributed by atoms with Crippen LogP contribution in [0, 0.1) is 19.8 Å². The fourth-order valence-corrected chi connectivity index (χ4v) is 3.00. The summed E-state index contributed by atoms with van der Waals surface area (Å²) in [5, 5.41) is 0. The summed E-state index contributed by atoms with van der Waals surface area (Å²) in [6.45, 7) is 8.89. The Labute approximate surface area is 171 Å². The van der Waals surface area contributed by atoms with Gasteiger partial charge in [-0.3, -0.25) is 9.59 Å². The number of hydrogen-bond acceptors (Lipinski definition) is 4. The van der Waals surface area contributed by atoms with Gasteiger partial charge in [-0.05, 0) is 62.6 Å². The summed E-state index contributed by atoms with van der Waals surface area (Å²) in [6, 6.07) is 5.77. The second-order valence-corrected chi connectivity index (χ2v) is 8.05. The molecule has 1 aromatic rings. The predicted molar refractivity (Wildman–Crippen MR) is 114 cm³/mol. The number of ether oxygens (including phenoxy) is 2. The summed E-state index contributed by atoms with van der Waals surface area (Å²) in [4.78, 5) is 23.6. The smallest absolute Gasteiger partial charge is 0.311 e. The van der Waals surface area contributed by atoms with Crippen LogP contribution < -0.4 is 4.74 Å². The first-order valence-electron chi connectivity index (χ1n) is 10.8. The van der Waals surface area contributed by atoms with Crippen LogP contribution in [0.3, 0.4) is 0 Å². The molecule has 1 aromatic carbocycles. The largest absolute Gasteiger partial charge is 0.466 e. The minimum atomic E-state index is -0.158. The Balaban J connectivity index is 1.98. The zero-order valence-electron chi connectivity index (χ0n) is 18.2. The lowest BCUT2D eigenvalue weighted by Gasteiger charge is -2.09. The second kappa shape index (κ2) is 14.2. The summed E-state index contributed by atoms with van der Waals surface area (Å²) in [6.07, 6.45) is 8.99. The molecule has 0 spiro atoms. The number of carbonyl (C=O) groups excluding carboxylic acids is 2. The van der Waals surface area contributed by atoms with Gasteiger partial charge in [0.1, 0.15) is 5.75 Å². The molecule has 0 amide bonds. The van der Waals surface area contributed by atoms with Crippen molar-refractivity contribution in [1.29, 1.82) is 0 Å². The molecule has 0 N–H and O–H groups in total. The highest BCUT2D eigenvalue weighted by Gasteiger charge is 2.08. The Hall–Kier alpha value is -1.84. The highest BCUT2D eigenvalue weighted by molar-refractivity contribution is 5.72. The van der Waals surface area contributed by atoms with Crippen LogP contribution in [0.1, 0.15) is 89.2 Å². The lowest BCUT2D eigenvalue weighted by molar-refractivity contribution is -0.144. The Kier molecular flexibility index (Phi) is 12.3. The van der Waals surface area contributed by atoms with Gasteiger partial charge < -0.3 is 9.47 Å². The Bertz CT molecular complexity index is 592. The average molecular weight is 391 g/mol. The monoisotopic (exact) mass is 390 g/mol. The van der Waals surface area contributed by atoms with Crippen LogP contribution in [-0.2, 0) is 14.3 Å². The van der Waals surface area contributed by atoms with Crippen LogP contribution in [0.5, 0.6) is 5.75 Å². The van der Waals surface area contributed by atoms with Crippen LogP contribution >= 0.6 is 0 Å². The molecule has 0 saturated heterocycles. The molecular weight excluding hydrogens is 352 g/mol. The highest BCUT2D eigenvalue weighted by Crippen LogP contribution is 2.21. The predicted octanol–water partition coefficient (Wildman–Crippen LogP) is 6.31. The Morgan fingerprint density at radius 3 is 2.11 bits per heavy atom. The van der Waals surface area contributed by atoms with Crippen molar-refractivity contribution in [1.82, 2.24) is 0 Å². The van der Waals surface area contributed by atoms with E-state index in [0.717, 1.165) is 62.5 Å². The minimum absolute atomic E-state index is 0.0713. The maximum atomic E-state index is 12.0. The molecular formula is C24H38O4. The first-order valence-corrected chi connectivity index (χ1v) is 10.8. The van der Waals surface area contributed by atoms with Crippen molar-refractivity contribution < 1.29 is 19.1 Å². The van der Waals surface area contributed by atoms with E-state index in [0.29, 0.717) is 31.1 Å². The van der Waals surface area contributed by atoms with Crippen molar-refractivity contribution in [3.63, 3.8) is 0 Å². The number of aryl methyl sites for hydroxylation is 1. The topological polar surface area (TPSA) is 52.6 Å². The molecule has 0 aromatic heterocycles. The third-order valence-corrected chi connectivity index (χ3v) is 4.98. The zero-order chi connectivity index (χ0) is 20.8. The van der Waals surface area contributed by atoms with Crippen molar-refractivity contribution in [3.8, 4) is 5.75 Å². The lowest BCUT2D eigenvalue weighted by atomic mass is 10.1. The molecule has 0 heterocycles. The number of unbranched alkanes of at least 4 members (excludes halogenated alkanes) is 5. The van der Waals surface area contributed by atoms with Gasteiger partial charge in [0, 0.05) is 12.8 Å². The third kappa shape index (κ3) is 11.1. The van der Waals surface area contributed by atoms with Gasteiger partial charge in [0.15, 0.2) is 0 Å². The van der Waals surface area contributed by atoms with E-state index in [1.165, 1.54) is 0 Å². The molecule has 4 nitrogen and oxygen atoms in total. The Morgan fingerprint density at radius 1 is 0.857 bits per heavy atom. The van der Waals surface area contributed by atoms with Gasteiger partial charge in [0.2, 0.25) is 0 Å². The third-order valence-electron chi connectivity index (χ3n) is 4.98. The van der Waals surface area contributed by atoms with Gasteiger partial charge >= 0.3 is 11.9 Å². The highest BCUT2D eigenvalue weighted by atomic mass is 16.5. The molecule has 0 atom stereocenters. The van der Waals surface area contributed by atoms with E-state index in [9.17, 15) is 9.59 Å². The maximum Gasteiger partial charge on any atom is 0.311 e. The van der Waals surface area contributed by atoms with Crippen LogP contribution in [0.2, 0.25) is 0 Å². The van der Waals surface area contributed by atoms with E-state index in [4.69, 9.17) is 9.47 Å². The molecule has 0 bridgehead atoms. The van der Waals surface area contributed by atoms with E-state index in [2.05, 4.69) is 13.8 Å². The van der Waals surface area contributed by atoms with Gasteiger partial charge in [-0.2, -0.15) is 0 Å². The number of hydrogen-bond donors (Lipinski definition) is 0. The SMILES string of the molecule is Cc1cccc(OC(=O)CCCCCCCCC(=O)OCCCC(C)C)c1C. The van der Waals surface area contributed by atoms with Crippen LogP contribution in [0.15, 0.2) is 18.2 Å². The normalized spacial score (nSPS) is 10.9. The molecule has 158 valence electrons. The minimum Gasteiger partial charge on any atom is -0.466 e. The summed E-state index contributed by atoms with van der Waals surface area (Å²) in [5.74, 6) is 1.10. The van der Waals surface area contributed by atoms with Crippen molar-refractivity contribution in [2.24, 2.45) is 5.92 Å². The van der Waals surface area contributed by atoms with Gasteiger partial charge in [-0.25, -0.2) is 0 Å². The van der Waals surface area contributed by atoms with Crippen molar-refractivity contribution >= 4 is 11.9 Å². The molecule has 0 unspecified atom stereocenters. The molecule has 0 aliphatic carbocycles. The fourth-order valence-electron chi connectivity index (χ4n) is 3.00. The molecule has 0 radical (unpaired) electrons. The van der Waals surface area contributed by atoms with Crippen LogP contribution in [0.4, 0.5) is 0 Å². The first kappa shape index (κ1) is 24.2. The summed E-state index contributed by atoms with van der Waals surface area (Å²) in [5.41, 5.74) is 2.15. The summed E-state index contributed by atoms with van der Waals surface area (Å²) in [7, 11) is 0. The lowest BCUT2D eigenvalue weighted by Crippen LogP contribution is -2.08. The fraction of sp³-hybridized carbons (Fsp3) is 0.667. The van der Waals surface area contributed by atoms with Crippen molar-refractivity contribution in [3.05, 3.63) is 29.3 Å². The van der Waals surface area contributed by atoms with Crippen molar-refractivity contribution in [2.45, 2.75) is 91.9 Å². The van der Waals surface area contributed by atoms with E-state index in [1.54, 1.807) is 0 Å². The van der Waals surface area contributed by atoms with E-state index in [-0.39, 0.29) is 11.9 Å². The average Bonchev–Trinajstić information content (AvgIpc) is 2.64. The van der Waals surface area contributed by atoms with E-state index >= 15 is 0 Å². The zero-order valence-corrected chi connectivity index (χ0v) is 18.2. The molecule has 0 aliphatic rings. The van der Waals surface area contributed by atoms with Crippen molar-refractivity contribution in [2.75, 3.05) is 6.61 Å². The first-order chi connectivity index (χ1) is 13.4. The van der Waals surface area contributed by atoms with Gasteiger partial charge in [0.05, 0.1) is 6.61 Å². The molecule has 4 heteroatoms. The maximum absolute atomic E-state index is 12.0. The van der Waals surface area contributed by atoms with Crippen LogP contribution in [-0.4, -0.2) is 18.5 Å². The quantitative estimate of drug-likeness (QED) is 0.212. The van der Waals surface area contributed by atoms with Gasteiger partial charge in [-0.15, -0.1) is 0 Å². The standard InChI is InChI=1S/C24H38O4/c1-19(2)13-12-18-27-23(25)16-9-7-5-6-8-10-17-24(26)28-22-15-11-14-20(3)21(22)4/h11,14-15,19H,5-10,12-13,16-18H2,1-4H3. The molecule has 0 fully saturated rings. The molecule has 1 rings (SSSR count). The number of esters is 2. The Morgan fingerprint density at radius 2 is 1.46 bits per heavy atom. The second-order valence-electron chi connectivity index (χ2n) is 8.05. The number of benzene rings is 1. The summed E-state index contributed by atoms with van der Waals surface area (Å²) < 4.78 is 10.7. The summed E-state index contributed by atoms with van der Waals surface area (Å²) >= 11 is 0. The van der Waals surface area contributed by atoms with E-state index < -0.39 is 0 Å². The van der Waals surface area contributed by atoms with Crippen LogP contribution in [0.25, 0.3) is 0 Å². The number of carbonyl (C=O) groups is 2.